The summed E-state index contributed by atoms with van der Waals surface area (Å²) in [5.41, 5.74) is 8.50. The van der Waals surface area contributed by atoms with Crippen molar-refractivity contribution in [3.63, 3.8) is 0 Å². The van der Waals surface area contributed by atoms with Crippen LogP contribution in [0.1, 0.15) is 31.7 Å². The predicted molar refractivity (Wildman–Crippen MR) is 141 cm³/mol. The molecule has 4 aromatic rings. The second kappa shape index (κ2) is 9.94. The Bertz CT molecular complexity index is 1550. The molecule has 4 heterocycles. The molecule has 0 radical (unpaired) electrons. The number of nitrogen functional groups attached to an aromatic ring is 1. The lowest BCUT2D eigenvalue weighted by Crippen LogP contribution is -2.41. The van der Waals surface area contributed by atoms with Gasteiger partial charge in [-0.2, -0.15) is 10.4 Å². The number of nitrogens with zero attached hydrogens (tertiary/aromatic N) is 7. The molecule has 190 valence electrons. The molecule has 3 aromatic heterocycles. The highest BCUT2D eigenvalue weighted by molar-refractivity contribution is 5.98. The fourth-order valence-corrected chi connectivity index (χ4v) is 4.81. The first kappa shape index (κ1) is 23.6. The van der Waals surface area contributed by atoms with Gasteiger partial charge in [-0.1, -0.05) is 24.3 Å². The Hall–Kier alpha value is -4.78. The highest BCUT2D eigenvalue weighted by Crippen LogP contribution is 2.35. The molecule has 38 heavy (non-hydrogen) atoms. The Morgan fingerprint density at radius 1 is 1.11 bits per heavy atom. The van der Waals surface area contributed by atoms with E-state index in [9.17, 15) is 10.1 Å². The van der Waals surface area contributed by atoms with E-state index in [0.717, 1.165) is 31.2 Å². The molecule has 1 amide bonds. The van der Waals surface area contributed by atoms with Crippen LogP contribution in [0.25, 0.3) is 22.3 Å². The maximum Gasteiger partial charge on any atom is 0.264 e. The van der Waals surface area contributed by atoms with E-state index in [2.05, 4.69) is 21.0 Å². The van der Waals surface area contributed by atoms with Crippen molar-refractivity contribution in [2.75, 3.05) is 18.8 Å². The number of nitriles is 1. The number of carbonyl (C=O) groups is 1. The molecule has 1 atom stereocenters. The number of pyridine rings is 1. The van der Waals surface area contributed by atoms with E-state index in [-0.39, 0.29) is 17.5 Å². The molecule has 1 aliphatic heterocycles. The third-order valence-corrected chi connectivity index (χ3v) is 6.90. The van der Waals surface area contributed by atoms with Gasteiger partial charge in [0.2, 0.25) is 5.88 Å². The minimum Gasteiger partial charge on any atom is -0.439 e. The standard InChI is InChI=1S/C28H26N8O2/c29-14-20(13-18-8-9-18)28(37)35-12-4-5-21(16-35)36-27-24(26(30)32-17-33-27)25(34-36)19-10-11-23(31-15-19)38-22-6-2-1-3-7-22/h1-3,6-7,10-11,13,15,17-18,21H,4-5,8-9,12,16H2,(H2,30,32,33). The van der Waals surface area contributed by atoms with Crippen molar-refractivity contribution >= 4 is 22.8 Å². The number of fused-ring (bicyclic) bond motifs is 1. The minimum absolute atomic E-state index is 0.118. The largest absolute Gasteiger partial charge is 0.439 e. The number of piperidine rings is 1. The van der Waals surface area contributed by atoms with E-state index in [1.54, 1.807) is 17.2 Å². The molecule has 1 aliphatic carbocycles. The van der Waals surface area contributed by atoms with Crippen LogP contribution in [0, 0.1) is 17.2 Å². The zero-order chi connectivity index (χ0) is 26.1. The summed E-state index contributed by atoms with van der Waals surface area (Å²) in [5.74, 6) is 1.62. The number of anilines is 1. The van der Waals surface area contributed by atoms with E-state index < -0.39 is 0 Å². The van der Waals surface area contributed by atoms with Gasteiger partial charge in [0.25, 0.3) is 5.91 Å². The zero-order valence-electron chi connectivity index (χ0n) is 20.7. The van der Waals surface area contributed by atoms with Gasteiger partial charge in [-0.15, -0.1) is 0 Å². The topological polar surface area (TPSA) is 136 Å². The Morgan fingerprint density at radius 2 is 1.95 bits per heavy atom. The molecule has 10 nitrogen and oxygen atoms in total. The molecule has 1 aromatic carbocycles. The molecular weight excluding hydrogens is 480 g/mol. The highest BCUT2D eigenvalue weighted by atomic mass is 16.5. The van der Waals surface area contributed by atoms with Gasteiger partial charge in [0.15, 0.2) is 5.65 Å². The van der Waals surface area contributed by atoms with Gasteiger partial charge < -0.3 is 15.4 Å². The molecule has 1 saturated heterocycles. The summed E-state index contributed by atoms with van der Waals surface area (Å²) in [5, 5.41) is 15.1. The third-order valence-electron chi connectivity index (χ3n) is 6.90. The van der Waals surface area contributed by atoms with Crippen molar-refractivity contribution < 1.29 is 9.53 Å². The smallest absolute Gasteiger partial charge is 0.264 e. The number of rotatable bonds is 6. The summed E-state index contributed by atoms with van der Waals surface area (Å²) in [6.07, 6.45) is 8.63. The van der Waals surface area contributed by atoms with Crippen LogP contribution in [0.5, 0.6) is 11.6 Å². The number of hydrogen-bond acceptors (Lipinski definition) is 8. The van der Waals surface area contributed by atoms with Gasteiger partial charge in [0, 0.05) is 30.9 Å². The van der Waals surface area contributed by atoms with Crippen molar-refractivity contribution in [1.29, 1.82) is 5.26 Å². The number of para-hydroxylation sites is 1. The molecule has 2 N–H and O–H groups in total. The summed E-state index contributed by atoms with van der Waals surface area (Å²) >= 11 is 0. The first-order valence-corrected chi connectivity index (χ1v) is 12.7. The first-order valence-electron chi connectivity index (χ1n) is 12.7. The molecular formula is C28H26N8O2. The van der Waals surface area contributed by atoms with E-state index >= 15 is 0 Å². The van der Waals surface area contributed by atoms with Crippen LogP contribution in [0.15, 0.2) is 66.6 Å². The summed E-state index contributed by atoms with van der Waals surface area (Å²) in [6.45, 7) is 1.04. The van der Waals surface area contributed by atoms with Crippen LogP contribution in [0.2, 0.25) is 0 Å². The quantitative estimate of drug-likeness (QED) is 0.302. The number of hydrogen-bond donors (Lipinski definition) is 1. The number of likely N-dealkylation sites (tertiary alicyclic amines) is 1. The van der Waals surface area contributed by atoms with Crippen molar-refractivity contribution in [1.82, 2.24) is 29.6 Å². The van der Waals surface area contributed by atoms with Gasteiger partial charge in [0.1, 0.15) is 35.2 Å². The highest BCUT2D eigenvalue weighted by Gasteiger charge is 2.31. The van der Waals surface area contributed by atoms with Crippen LogP contribution in [0.3, 0.4) is 0 Å². The number of ether oxygens (including phenoxy) is 1. The van der Waals surface area contributed by atoms with Gasteiger partial charge in [-0.3, -0.25) is 4.79 Å². The first-order chi connectivity index (χ1) is 18.6. The van der Waals surface area contributed by atoms with Crippen molar-refractivity contribution in [3.05, 3.63) is 66.6 Å². The van der Waals surface area contributed by atoms with Crippen LogP contribution in [-0.4, -0.2) is 48.6 Å². The number of benzene rings is 1. The summed E-state index contributed by atoms with van der Waals surface area (Å²) < 4.78 is 7.66. The number of allylic oxidation sites excluding steroid dienone is 1. The predicted octanol–water partition coefficient (Wildman–Crippen LogP) is 4.29. The SMILES string of the molecule is N#CC(=CC1CC1)C(=O)N1CCCC(n2nc(-c3ccc(Oc4ccccc4)nc3)c3c(N)ncnc32)C1. The second-order valence-corrected chi connectivity index (χ2v) is 9.63. The lowest BCUT2D eigenvalue weighted by atomic mass is 10.0. The Morgan fingerprint density at radius 3 is 2.68 bits per heavy atom. The lowest BCUT2D eigenvalue weighted by molar-refractivity contribution is -0.128. The fraction of sp³-hybridized carbons (Fsp3) is 0.286. The zero-order valence-corrected chi connectivity index (χ0v) is 20.7. The van der Waals surface area contributed by atoms with Crippen LogP contribution >= 0.6 is 0 Å². The summed E-state index contributed by atoms with van der Waals surface area (Å²) in [4.78, 5) is 28.0. The summed E-state index contributed by atoms with van der Waals surface area (Å²) in [6, 6.07) is 15.1. The van der Waals surface area contributed by atoms with Crippen LogP contribution in [-0.2, 0) is 4.79 Å². The average molecular weight is 507 g/mol. The molecule has 1 saturated carbocycles. The Balaban J connectivity index is 1.30. The van der Waals surface area contributed by atoms with Crippen LogP contribution < -0.4 is 10.5 Å². The third kappa shape index (κ3) is 4.66. The Labute approximate surface area is 219 Å². The minimum atomic E-state index is -0.215. The molecule has 2 aliphatic rings. The normalized spacial score (nSPS) is 17.8. The molecule has 2 fully saturated rings. The lowest BCUT2D eigenvalue weighted by Gasteiger charge is -2.32. The van der Waals surface area contributed by atoms with Gasteiger partial charge in [-0.25, -0.2) is 19.6 Å². The summed E-state index contributed by atoms with van der Waals surface area (Å²) in [7, 11) is 0. The molecule has 6 rings (SSSR count). The number of amides is 1. The van der Waals surface area contributed by atoms with Gasteiger partial charge in [-0.05, 0) is 49.8 Å². The Kier molecular flexibility index (Phi) is 6.17. The van der Waals surface area contributed by atoms with Gasteiger partial charge >= 0.3 is 0 Å². The number of nitrogens with two attached hydrogens (primary N) is 1. The second-order valence-electron chi connectivity index (χ2n) is 9.63. The van der Waals surface area contributed by atoms with E-state index in [0.29, 0.717) is 53.2 Å². The molecule has 10 heteroatoms. The molecule has 0 spiro atoms. The van der Waals surface area contributed by atoms with Crippen LogP contribution in [0.4, 0.5) is 5.82 Å². The van der Waals surface area contributed by atoms with E-state index in [4.69, 9.17) is 15.6 Å². The van der Waals surface area contributed by atoms with E-state index in [1.165, 1.54) is 6.33 Å². The van der Waals surface area contributed by atoms with E-state index in [1.807, 2.05) is 47.2 Å². The monoisotopic (exact) mass is 506 g/mol. The fourth-order valence-electron chi connectivity index (χ4n) is 4.81. The molecule has 0 bridgehead atoms. The maximum atomic E-state index is 13.1. The maximum absolute atomic E-state index is 13.1. The molecule has 1 unspecified atom stereocenters. The van der Waals surface area contributed by atoms with Crippen molar-refractivity contribution in [2.45, 2.75) is 31.7 Å². The van der Waals surface area contributed by atoms with Crippen molar-refractivity contribution in [2.24, 2.45) is 5.92 Å². The number of aromatic nitrogens is 5. The van der Waals surface area contributed by atoms with Crippen molar-refractivity contribution in [3.8, 4) is 29.0 Å². The van der Waals surface area contributed by atoms with Gasteiger partial charge in [0.05, 0.1) is 11.4 Å². The number of carbonyl (C=O) groups excluding carboxylic acids is 1. The average Bonchev–Trinajstić information content (AvgIpc) is 3.69.